The number of nitrogens with zero attached hydrogens (tertiary/aromatic N) is 3. The van der Waals surface area contributed by atoms with Crippen LogP contribution in [0.1, 0.15) is 33.1 Å². The molecule has 1 aliphatic rings. The first-order chi connectivity index (χ1) is 14.2. The maximum Gasteiger partial charge on any atom is 0.252 e. The molecule has 1 aliphatic heterocycles. The quantitative estimate of drug-likeness (QED) is 0.727. The van der Waals surface area contributed by atoms with E-state index in [0.717, 1.165) is 30.0 Å². The topological polar surface area (TPSA) is 67.4 Å². The van der Waals surface area contributed by atoms with Gasteiger partial charge in [0.05, 0.1) is 19.3 Å². The summed E-state index contributed by atoms with van der Waals surface area (Å²) in [5, 5.41) is 3.17. The van der Waals surface area contributed by atoms with Crippen molar-refractivity contribution in [3.63, 3.8) is 0 Å². The van der Waals surface area contributed by atoms with Crippen LogP contribution in [-0.4, -0.2) is 42.2 Å². The van der Waals surface area contributed by atoms with Gasteiger partial charge in [0.15, 0.2) is 0 Å². The molecule has 0 saturated carbocycles. The van der Waals surface area contributed by atoms with Crippen molar-refractivity contribution in [1.29, 1.82) is 0 Å². The summed E-state index contributed by atoms with van der Waals surface area (Å²) in [6, 6.07) is 15.3. The number of hydrogen-bond donors (Lipinski definition) is 1. The third kappa shape index (κ3) is 4.60. The first-order valence-corrected chi connectivity index (χ1v) is 9.77. The zero-order chi connectivity index (χ0) is 20.1. The number of aromatic nitrogens is 2. The summed E-state index contributed by atoms with van der Waals surface area (Å²) in [7, 11) is 0. The minimum Gasteiger partial charge on any atom is -0.378 e. The Morgan fingerprint density at radius 3 is 2.59 bits per heavy atom. The molecule has 1 aromatic carbocycles. The average Bonchev–Trinajstić information content (AvgIpc) is 2.79. The third-order valence-corrected chi connectivity index (χ3v) is 5.05. The summed E-state index contributed by atoms with van der Waals surface area (Å²) in [6.07, 6.45) is 5.20. The van der Waals surface area contributed by atoms with Gasteiger partial charge in [-0.2, -0.15) is 0 Å². The molecule has 1 amide bonds. The van der Waals surface area contributed by atoms with Crippen molar-refractivity contribution < 1.29 is 9.53 Å². The van der Waals surface area contributed by atoms with Gasteiger partial charge in [0.1, 0.15) is 5.82 Å². The number of carbonyl (C=O) groups is 1. The van der Waals surface area contributed by atoms with E-state index in [-0.39, 0.29) is 11.9 Å². The molecule has 2 aromatic heterocycles. The zero-order valence-electron chi connectivity index (χ0n) is 16.4. The van der Waals surface area contributed by atoms with Gasteiger partial charge in [0.2, 0.25) is 0 Å². The van der Waals surface area contributed by atoms with E-state index in [2.05, 4.69) is 20.2 Å². The second-order valence-electron chi connectivity index (χ2n) is 7.11. The normalized spacial score (nSPS) is 15.0. The Morgan fingerprint density at radius 2 is 1.86 bits per heavy atom. The van der Waals surface area contributed by atoms with Crippen molar-refractivity contribution in [3.05, 3.63) is 89.4 Å². The molecule has 1 saturated heterocycles. The summed E-state index contributed by atoms with van der Waals surface area (Å²) in [6.45, 7) is 4.95. The number of ether oxygens (including phenoxy) is 1. The second kappa shape index (κ2) is 8.84. The second-order valence-corrected chi connectivity index (χ2v) is 7.11. The number of aryl methyl sites for hydroxylation is 1. The van der Waals surface area contributed by atoms with Gasteiger partial charge in [-0.05, 0) is 36.2 Å². The Balaban J connectivity index is 1.59. The van der Waals surface area contributed by atoms with E-state index in [0.29, 0.717) is 18.8 Å². The standard InChI is InChI=1S/C23H24N4O2/c1-17-4-6-18(7-5-17)22(20-3-2-9-24-16-20)26-23(28)19-8-10-25-21(15-19)27-11-13-29-14-12-27/h2-10,15-16,22H,11-14H2,1H3,(H,26,28)/t22-/m1/s1. The maximum atomic E-state index is 13.1. The molecule has 6 heteroatoms. The molecule has 1 atom stereocenters. The lowest BCUT2D eigenvalue weighted by Gasteiger charge is -2.28. The molecule has 0 unspecified atom stereocenters. The molecule has 148 valence electrons. The van der Waals surface area contributed by atoms with Crippen molar-refractivity contribution in [3.8, 4) is 0 Å². The van der Waals surface area contributed by atoms with E-state index >= 15 is 0 Å². The van der Waals surface area contributed by atoms with Gasteiger partial charge in [-0.15, -0.1) is 0 Å². The lowest BCUT2D eigenvalue weighted by Crippen LogP contribution is -2.37. The Labute approximate surface area is 170 Å². The molecule has 0 spiro atoms. The number of amides is 1. The lowest BCUT2D eigenvalue weighted by molar-refractivity contribution is 0.0943. The number of rotatable bonds is 5. The highest BCUT2D eigenvalue weighted by molar-refractivity contribution is 5.95. The number of morpholine rings is 1. The van der Waals surface area contributed by atoms with Crippen LogP contribution < -0.4 is 10.2 Å². The number of benzene rings is 1. The smallest absolute Gasteiger partial charge is 0.252 e. The third-order valence-electron chi connectivity index (χ3n) is 5.05. The van der Waals surface area contributed by atoms with Crippen LogP contribution in [-0.2, 0) is 4.74 Å². The van der Waals surface area contributed by atoms with Crippen LogP contribution in [0.25, 0.3) is 0 Å². The van der Waals surface area contributed by atoms with Gasteiger partial charge in [0, 0.05) is 37.2 Å². The Kier molecular flexibility index (Phi) is 5.81. The summed E-state index contributed by atoms with van der Waals surface area (Å²) in [5.74, 6) is 0.658. The molecule has 1 fully saturated rings. The van der Waals surface area contributed by atoms with Crippen LogP contribution in [0.5, 0.6) is 0 Å². The SMILES string of the molecule is Cc1ccc([C@@H](NC(=O)c2ccnc(N3CCOCC3)c2)c2cccnc2)cc1. The molecule has 0 bridgehead atoms. The minimum absolute atomic E-state index is 0.142. The molecule has 3 aromatic rings. The minimum atomic E-state index is -0.281. The van der Waals surface area contributed by atoms with Crippen molar-refractivity contribution in [2.24, 2.45) is 0 Å². The highest BCUT2D eigenvalue weighted by Gasteiger charge is 2.20. The maximum absolute atomic E-state index is 13.1. The van der Waals surface area contributed by atoms with Gasteiger partial charge >= 0.3 is 0 Å². The molecule has 6 nitrogen and oxygen atoms in total. The Morgan fingerprint density at radius 1 is 1.07 bits per heavy atom. The highest BCUT2D eigenvalue weighted by atomic mass is 16.5. The predicted molar refractivity (Wildman–Crippen MR) is 112 cm³/mol. The van der Waals surface area contributed by atoms with Crippen LogP contribution in [0.4, 0.5) is 5.82 Å². The molecule has 0 aliphatic carbocycles. The first-order valence-electron chi connectivity index (χ1n) is 9.77. The summed E-state index contributed by atoms with van der Waals surface area (Å²) in [4.78, 5) is 23.9. The van der Waals surface area contributed by atoms with E-state index in [1.54, 1.807) is 24.7 Å². The summed E-state index contributed by atoms with van der Waals surface area (Å²) >= 11 is 0. The van der Waals surface area contributed by atoms with E-state index < -0.39 is 0 Å². The van der Waals surface area contributed by atoms with E-state index in [4.69, 9.17) is 4.74 Å². The Hall–Kier alpha value is -3.25. The average molecular weight is 388 g/mol. The number of hydrogen-bond acceptors (Lipinski definition) is 5. The molecule has 4 rings (SSSR count). The van der Waals surface area contributed by atoms with Crippen LogP contribution in [0.3, 0.4) is 0 Å². The van der Waals surface area contributed by atoms with Crippen LogP contribution in [0, 0.1) is 6.92 Å². The van der Waals surface area contributed by atoms with Gasteiger partial charge in [0.25, 0.3) is 5.91 Å². The molecule has 0 radical (unpaired) electrons. The van der Waals surface area contributed by atoms with Crippen molar-refractivity contribution in [1.82, 2.24) is 15.3 Å². The predicted octanol–water partition coefficient (Wildman–Crippen LogP) is 3.14. The van der Waals surface area contributed by atoms with Gasteiger partial charge < -0.3 is 15.0 Å². The fourth-order valence-electron chi connectivity index (χ4n) is 3.40. The molecular formula is C23H24N4O2. The van der Waals surface area contributed by atoms with Crippen molar-refractivity contribution in [2.75, 3.05) is 31.2 Å². The fraction of sp³-hybridized carbons (Fsp3) is 0.261. The number of nitrogens with one attached hydrogen (secondary N) is 1. The van der Waals surface area contributed by atoms with Crippen LogP contribution in [0.2, 0.25) is 0 Å². The van der Waals surface area contributed by atoms with Gasteiger partial charge in [-0.25, -0.2) is 4.98 Å². The number of pyridine rings is 2. The molecule has 1 N–H and O–H groups in total. The zero-order valence-corrected chi connectivity index (χ0v) is 16.4. The number of anilines is 1. The molecular weight excluding hydrogens is 364 g/mol. The fourth-order valence-corrected chi connectivity index (χ4v) is 3.40. The molecule has 3 heterocycles. The number of carbonyl (C=O) groups excluding carboxylic acids is 1. The van der Waals surface area contributed by atoms with Crippen LogP contribution in [0.15, 0.2) is 67.1 Å². The first kappa shape index (κ1) is 19.1. The largest absolute Gasteiger partial charge is 0.378 e. The Bertz CT molecular complexity index is 954. The van der Waals surface area contributed by atoms with Gasteiger partial charge in [-0.1, -0.05) is 35.9 Å². The lowest BCUT2D eigenvalue weighted by atomic mass is 9.98. The van der Waals surface area contributed by atoms with Gasteiger partial charge in [-0.3, -0.25) is 9.78 Å². The van der Waals surface area contributed by atoms with Crippen molar-refractivity contribution >= 4 is 11.7 Å². The van der Waals surface area contributed by atoms with Crippen molar-refractivity contribution in [2.45, 2.75) is 13.0 Å². The summed E-state index contributed by atoms with van der Waals surface area (Å²) in [5.41, 5.74) is 3.71. The molecule has 29 heavy (non-hydrogen) atoms. The van der Waals surface area contributed by atoms with E-state index in [1.807, 2.05) is 49.4 Å². The van der Waals surface area contributed by atoms with E-state index in [9.17, 15) is 4.79 Å². The van der Waals surface area contributed by atoms with Crippen LogP contribution >= 0.6 is 0 Å². The summed E-state index contributed by atoms with van der Waals surface area (Å²) < 4.78 is 5.40. The van der Waals surface area contributed by atoms with E-state index in [1.165, 1.54) is 5.56 Å². The monoisotopic (exact) mass is 388 g/mol. The highest BCUT2D eigenvalue weighted by Crippen LogP contribution is 2.23.